The molecule has 0 saturated heterocycles. The number of fused-ring (bicyclic) bond motifs is 1. The smallest absolute Gasteiger partial charge is 0.306 e. The molecular weight excluding hydrogens is 364 g/mol. The molecule has 7 nitrogen and oxygen atoms in total. The summed E-state index contributed by atoms with van der Waals surface area (Å²) in [6.45, 7) is 0.994. The zero-order chi connectivity index (χ0) is 19.8. The fourth-order valence-electron chi connectivity index (χ4n) is 2.60. The van der Waals surface area contributed by atoms with Crippen molar-refractivity contribution in [3.63, 3.8) is 0 Å². The minimum Gasteiger partial charge on any atom is -0.497 e. The van der Waals surface area contributed by atoms with Gasteiger partial charge in [-0.05, 0) is 48.9 Å². The van der Waals surface area contributed by atoms with Crippen molar-refractivity contribution in [2.24, 2.45) is 0 Å². The van der Waals surface area contributed by atoms with Crippen LogP contribution < -0.4 is 18.9 Å². The summed E-state index contributed by atoms with van der Waals surface area (Å²) in [7, 11) is 1.60. The standard InChI is InChI=1S/C21H22O7/c1-24-16-5-7-17(8-6-16)25-10-2-3-21(23)28-14-18(22)15-4-9-19-20(13-15)27-12-11-26-19/h4-9,13H,2-3,10-12,14H2,1H3. The predicted molar refractivity (Wildman–Crippen MR) is 100 cm³/mol. The number of methoxy groups -OCH3 is 1. The van der Waals surface area contributed by atoms with Crippen LogP contribution in [-0.4, -0.2) is 45.3 Å². The third kappa shape index (κ3) is 5.39. The first-order valence-electron chi connectivity index (χ1n) is 9.01. The predicted octanol–water partition coefficient (Wildman–Crippen LogP) is 3.05. The van der Waals surface area contributed by atoms with E-state index in [1.165, 1.54) is 0 Å². The normalized spacial score (nSPS) is 12.2. The van der Waals surface area contributed by atoms with Crippen molar-refractivity contribution < 1.29 is 33.3 Å². The molecule has 1 heterocycles. The Morgan fingerprint density at radius 3 is 2.43 bits per heavy atom. The van der Waals surface area contributed by atoms with Gasteiger partial charge in [-0.2, -0.15) is 0 Å². The third-order valence-corrected chi connectivity index (χ3v) is 4.08. The van der Waals surface area contributed by atoms with Crippen molar-refractivity contribution in [1.82, 2.24) is 0 Å². The fraction of sp³-hybridized carbons (Fsp3) is 0.333. The molecule has 2 aromatic carbocycles. The minimum absolute atomic E-state index is 0.171. The van der Waals surface area contributed by atoms with Crippen LogP contribution in [0.5, 0.6) is 23.0 Å². The molecule has 3 rings (SSSR count). The van der Waals surface area contributed by atoms with Crippen LogP contribution in [0.3, 0.4) is 0 Å². The van der Waals surface area contributed by atoms with E-state index in [2.05, 4.69) is 0 Å². The van der Waals surface area contributed by atoms with Crippen molar-refractivity contribution in [2.45, 2.75) is 12.8 Å². The quantitative estimate of drug-likeness (QED) is 0.372. The van der Waals surface area contributed by atoms with Crippen LogP contribution in [0.15, 0.2) is 42.5 Å². The number of carbonyl (C=O) groups excluding carboxylic acids is 2. The zero-order valence-corrected chi connectivity index (χ0v) is 15.6. The average Bonchev–Trinajstić information content (AvgIpc) is 2.75. The van der Waals surface area contributed by atoms with Crippen LogP contribution in [0, 0.1) is 0 Å². The van der Waals surface area contributed by atoms with Crippen molar-refractivity contribution in [3.05, 3.63) is 48.0 Å². The first-order valence-corrected chi connectivity index (χ1v) is 9.01. The van der Waals surface area contributed by atoms with Crippen LogP contribution in [0.2, 0.25) is 0 Å². The van der Waals surface area contributed by atoms with Crippen LogP contribution >= 0.6 is 0 Å². The van der Waals surface area contributed by atoms with Gasteiger partial charge in [0.05, 0.1) is 13.7 Å². The average molecular weight is 386 g/mol. The second-order valence-corrected chi connectivity index (χ2v) is 6.07. The molecule has 0 unspecified atom stereocenters. The first-order chi connectivity index (χ1) is 13.7. The van der Waals surface area contributed by atoms with Crippen LogP contribution in [0.4, 0.5) is 0 Å². The molecule has 0 spiro atoms. The number of rotatable bonds is 9. The van der Waals surface area contributed by atoms with Gasteiger partial charge in [-0.1, -0.05) is 0 Å². The maximum atomic E-state index is 12.2. The highest BCUT2D eigenvalue weighted by molar-refractivity contribution is 5.98. The van der Waals surface area contributed by atoms with E-state index in [9.17, 15) is 9.59 Å². The highest BCUT2D eigenvalue weighted by Gasteiger charge is 2.16. The van der Waals surface area contributed by atoms with Crippen molar-refractivity contribution in [3.8, 4) is 23.0 Å². The maximum Gasteiger partial charge on any atom is 0.306 e. The minimum atomic E-state index is -0.441. The number of Topliss-reactive ketones (excluding diaryl/α,β-unsaturated/α-hetero) is 1. The molecule has 148 valence electrons. The summed E-state index contributed by atoms with van der Waals surface area (Å²) in [6.07, 6.45) is 0.660. The first kappa shape index (κ1) is 19.5. The molecule has 0 radical (unpaired) electrons. The van der Waals surface area contributed by atoms with Gasteiger partial charge in [-0.15, -0.1) is 0 Å². The number of ether oxygens (including phenoxy) is 5. The van der Waals surface area contributed by atoms with Gasteiger partial charge >= 0.3 is 5.97 Å². The molecule has 0 amide bonds. The van der Waals surface area contributed by atoms with Gasteiger partial charge in [0.25, 0.3) is 0 Å². The lowest BCUT2D eigenvalue weighted by Gasteiger charge is -2.18. The molecule has 1 aliphatic heterocycles. The Bertz CT molecular complexity index is 814. The Hall–Kier alpha value is -3.22. The van der Waals surface area contributed by atoms with Gasteiger partial charge in [-0.25, -0.2) is 0 Å². The van der Waals surface area contributed by atoms with E-state index in [1.807, 2.05) is 0 Å². The second kappa shape index (κ2) is 9.64. The second-order valence-electron chi connectivity index (χ2n) is 6.07. The van der Waals surface area contributed by atoms with Crippen LogP contribution in [0.25, 0.3) is 0 Å². The van der Waals surface area contributed by atoms with Crippen molar-refractivity contribution >= 4 is 11.8 Å². The molecule has 0 bridgehead atoms. The van der Waals surface area contributed by atoms with Gasteiger partial charge in [0.1, 0.15) is 24.7 Å². The van der Waals surface area contributed by atoms with Gasteiger partial charge in [0, 0.05) is 12.0 Å². The summed E-state index contributed by atoms with van der Waals surface area (Å²) < 4.78 is 26.5. The fourth-order valence-corrected chi connectivity index (χ4v) is 2.60. The number of hydrogen-bond donors (Lipinski definition) is 0. The van der Waals surface area contributed by atoms with Gasteiger partial charge in [0.2, 0.25) is 0 Å². The molecule has 1 aliphatic rings. The number of ketones is 1. The molecule has 28 heavy (non-hydrogen) atoms. The summed E-state index contributed by atoms with van der Waals surface area (Å²) in [6, 6.07) is 12.1. The lowest BCUT2D eigenvalue weighted by Crippen LogP contribution is -2.17. The number of carbonyl (C=O) groups is 2. The molecule has 0 aromatic heterocycles. The summed E-state index contributed by atoms with van der Waals surface area (Å²) in [5.74, 6) is 1.85. The molecule has 0 N–H and O–H groups in total. The Labute approximate surface area is 163 Å². The summed E-state index contributed by atoms with van der Waals surface area (Å²) in [5, 5.41) is 0. The van der Waals surface area contributed by atoms with E-state index in [4.69, 9.17) is 23.7 Å². The van der Waals surface area contributed by atoms with Gasteiger partial charge in [-0.3, -0.25) is 9.59 Å². The maximum absolute atomic E-state index is 12.2. The van der Waals surface area contributed by atoms with Crippen LogP contribution in [0.1, 0.15) is 23.2 Å². The molecular formula is C21H22O7. The monoisotopic (exact) mass is 386 g/mol. The van der Waals surface area contributed by atoms with Crippen molar-refractivity contribution in [1.29, 1.82) is 0 Å². The highest BCUT2D eigenvalue weighted by atomic mass is 16.6. The van der Waals surface area contributed by atoms with E-state index in [0.29, 0.717) is 49.1 Å². The molecule has 0 atom stereocenters. The van der Waals surface area contributed by atoms with E-state index in [0.717, 1.165) is 5.75 Å². The van der Waals surface area contributed by atoms with Gasteiger partial charge in [0.15, 0.2) is 23.9 Å². The summed E-state index contributed by atoms with van der Waals surface area (Å²) >= 11 is 0. The van der Waals surface area contributed by atoms with Crippen molar-refractivity contribution in [2.75, 3.05) is 33.5 Å². The SMILES string of the molecule is COc1ccc(OCCCC(=O)OCC(=O)c2ccc3c(c2)OCCO3)cc1. The Balaban J connectivity index is 1.36. The molecule has 0 fully saturated rings. The Morgan fingerprint density at radius 1 is 0.964 bits per heavy atom. The Morgan fingerprint density at radius 2 is 1.68 bits per heavy atom. The van der Waals surface area contributed by atoms with Crippen LogP contribution in [-0.2, 0) is 9.53 Å². The summed E-state index contributed by atoms with van der Waals surface area (Å²) in [4.78, 5) is 24.0. The largest absolute Gasteiger partial charge is 0.497 e. The molecule has 0 saturated carbocycles. The summed E-state index contributed by atoms with van der Waals surface area (Å²) in [5.41, 5.74) is 0.417. The molecule has 7 heteroatoms. The Kier molecular flexibility index (Phi) is 6.73. The zero-order valence-electron chi connectivity index (χ0n) is 15.6. The van der Waals surface area contributed by atoms with E-state index in [-0.39, 0.29) is 18.8 Å². The number of esters is 1. The van der Waals surface area contributed by atoms with E-state index in [1.54, 1.807) is 49.6 Å². The molecule has 2 aromatic rings. The lowest BCUT2D eigenvalue weighted by molar-refractivity contribution is -0.142. The van der Waals surface area contributed by atoms with E-state index >= 15 is 0 Å². The van der Waals surface area contributed by atoms with E-state index < -0.39 is 5.97 Å². The number of hydrogen-bond acceptors (Lipinski definition) is 7. The third-order valence-electron chi connectivity index (χ3n) is 4.08. The van der Waals surface area contributed by atoms with Gasteiger partial charge < -0.3 is 23.7 Å². The lowest BCUT2D eigenvalue weighted by atomic mass is 10.1. The number of benzene rings is 2. The topological polar surface area (TPSA) is 80.3 Å². The highest BCUT2D eigenvalue weighted by Crippen LogP contribution is 2.30. The molecule has 0 aliphatic carbocycles.